The molecule has 10 nitrogen and oxygen atoms in total. The Bertz CT molecular complexity index is 1430. The van der Waals surface area contributed by atoms with Crippen LogP contribution in [0.5, 0.6) is 23.0 Å². The van der Waals surface area contributed by atoms with Gasteiger partial charge in [0.25, 0.3) is 0 Å². The summed E-state index contributed by atoms with van der Waals surface area (Å²) >= 11 is 0. The van der Waals surface area contributed by atoms with Crippen LogP contribution >= 0.6 is 0 Å². The zero-order valence-corrected chi connectivity index (χ0v) is 23.7. The fourth-order valence-corrected chi connectivity index (χ4v) is 3.58. The molecular weight excluding hydrogens is 556 g/mol. The van der Waals surface area contributed by atoms with E-state index >= 15 is 0 Å². The molecule has 3 aromatic carbocycles. The van der Waals surface area contributed by atoms with Gasteiger partial charge < -0.3 is 28.4 Å². The maximum absolute atomic E-state index is 12.4. The molecule has 0 aromatic heterocycles. The first-order valence-electron chi connectivity index (χ1n) is 13.3. The molecule has 0 saturated carbocycles. The molecule has 10 heteroatoms. The van der Waals surface area contributed by atoms with Crippen LogP contribution in [0.3, 0.4) is 0 Å². The van der Waals surface area contributed by atoms with E-state index in [9.17, 15) is 19.2 Å². The summed E-state index contributed by atoms with van der Waals surface area (Å²) in [6.45, 7) is 7.92. The summed E-state index contributed by atoms with van der Waals surface area (Å²) in [6.07, 6.45) is 3.33. The maximum Gasteiger partial charge on any atom is 0.333 e. The van der Waals surface area contributed by atoms with Crippen LogP contribution in [0.25, 0.3) is 0 Å². The Morgan fingerprint density at radius 2 is 1.07 bits per heavy atom. The van der Waals surface area contributed by atoms with Crippen molar-refractivity contribution in [2.45, 2.75) is 32.6 Å². The van der Waals surface area contributed by atoms with E-state index in [0.29, 0.717) is 41.4 Å². The molecule has 0 aliphatic carbocycles. The first kappa shape index (κ1) is 32.1. The second-order valence-electron chi connectivity index (χ2n) is 9.02. The average molecular weight is 589 g/mol. The Morgan fingerprint density at radius 1 is 0.628 bits per heavy atom. The van der Waals surface area contributed by atoms with Gasteiger partial charge in [0.15, 0.2) is 0 Å². The third kappa shape index (κ3) is 11.6. The lowest BCUT2D eigenvalue weighted by molar-refractivity contribution is -0.145. The van der Waals surface area contributed by atoms with Crippen molar-refractivity contribution in [3.05, 3.63) is 109 Å². The number of benzene rings is 3. The molecule has 0 aliphatic rings. The summed E-state index contributed by atoms with van der Waals surface area (Å²) in [5.41, 5.74) is 2.45. The number of hydrogen-bond donors (Lipinski definition) is 0. The van der Waals surface area contributed by atoms with Gasteiger partial charge >= 0.3 is 23.9 Å². The Balaban J connectivity index is 1.38. The van der Waals surface area contributed by atoms with Gasteiger partial charge in [0.2, 0.25) is 13.6 Å². The Morgan fingerprint density at radius 3 is 1.51 bits per heavy atom. The molecule has 0 heterocycles. The second-order valence-corrected chi connectivity index (χ2v) is 9.02. The molecule has 0 aliphatic heterocycles. The zero-order valence-electron chi connectivity index (χ0n) is 23.7. The number of rotatable bonds is 16. The minimum Gasteiger partial charge on any atom is -0.457 e. The lowest BCUT2D eigenvalue weighted by atomic mass is 10.1. The predicted octanol–water partition coefficient (Wildman–Crippen LogP) is 5.20. The summed E-state index contributed by atoms with van der Waals surface area (Å²) in [5, 5.41) is 0. The topological polar surface area (TPSA) is 124 Å². The van der Waals surface area contributed by atoms with Gasteiger partial charge in [0.1, 0.15) is 23.0 Å². The number of ether oxygens (including phenoxy) is 6. The van der Waals surface area contributed by atoms with Gasteiger partial charge in [-0.2, -0.15) is 0 Å². The van der Waals surface area contributed by atoms with Crippen LogP contribution in [-0.2, 0) is 41.5 Å². The van der Waals surface area contributed by atoms with Crippen LogP contribution in [0, 0.1) is 6.92 Å². The third-order valence-electron chi connectivity index (χ3n) is 5.87. The number of carbonyl (C=O) groups excluding carboxylic acids is 4. The maximum atomic E-state index is 12.4. The fraction of sp³-hybridized carbons (Fsp3) is 0.212. The highest BCUT2D eigenvalue weighted by Gasteiger charge is 2.12. The average Bonchev–Trinajstić information content (AvgIpc) is 3.01. The van der Waals surface area contributed by atoms with Crippen LogP contribution in [-0.4, -0.2) is 37.5 Å². The standard InChI is InChI=1S/C33H32O10/c1-4-30(34)40-21-38-26-12-6-24(7-13-26)10-18-32(36)42-28-16-17-29(23(3)20-28)43-33(37)19-11-25-8-14-27(15-9-25)39-22-41-31(35)5-2/h4-9,12-17,20H,1-2,10-11,18-19,21-22H2,3H3. The number of hydrogen-bond acceptors (Lipinski definition) is 10. The van der Waals surface area contributed by atoms with Crippen molar-refractivity contribution in [2.24, 2.45) is 0 Å². The SMILES string of the molecule is C=CC(=O)OCOc1ccc(CCC(=O)Oc2ccc(OC(=O)CCc3ccc(OCOC(=O)C=C)cc3)c(C)c2)cc1. The zero-order chi connectivity index (χ0) is 31.0. The van der Waals surface area contributed by atoms with E-state index in [4.69, 9.17) is 28.4 Å². The number of aryl methyl sites for hydroxylation is 3. The molecule has 43 heavy (non-hydrogen) atoms. The molecule has 3 rings (SSSR count). The monoisotopic (exact) mass is 588 g/mol. The molecule has 0 atom stereocenters. The van der Waals surface area contributed by atoms with Crippen LogP contribution in [0.15, 0.2) is 92.0 Å². The van der Waals surface area contributed by atoms with E-state index in [2.05, 4.69) is 13.2 Å². The van der Waals surface area contributed by atoms with Crippen molar-refractivity contribution in [2.75, 3.05) is 13.6 Å². The lowest BCUT2D eigenvalue weighted by Gasteiger charge is -2.10. The van der Waals surface area contributed by atoms with E-state index in [1.807, 2.05) is 12.1 Å². The molecule has 224 valence electrons. The first-order chi connectivity index (χ1) is 20.7. The summed E-state index contributed by atoms with van der Waals surface area (Å²) in [7, 11) is 0. The molecule has 0 N–H and O–H groups in total. The van der Waals surface area contributed by atoms with Crippen LogP contribution in [0.2, 0.25) is 0 Å². The summed E-state index contributed by atoms with van der Waals surface area (Å²) in [6, 6.07) is 18.9. The lowest BCUT2D eigenvalue weighted by Crippen LogP contribution is -2.11. The quantitative estimate of drug-likeness (QED) is 0.0954. The van der Waals surface area contributed by atoms with Gasteiger partial charge in [-0.15, -0.1) is 0 Å². The van der Waals surface area contributed by atoms with Crippen molar-refractivity contribution in [3.8, 4) is 23.0 Å². The fourth-order valence-electron chi connectivity index (χ4n) is 3.58. The van der Waals surface area contributed by atoms with Gasteiger partial charge in [-0.25, -0.2) is 9.59 Å². The molecule has 0 unspecified atom stereocenters. The smallest absolute Gasteiger partial charge is 0.333 e. The van der Waals surface area contributed by atoms with Crippen molar-refractivity contribution < 1.29 is 47.6 Å². The van der Waals surface area contributed by atoms with E-state index in [0.717, 1.165) is 23.3 Å². The Labute approximate surface area is 249 Å². The van der Waals surface area contributed by atoms with E-state index in [1.165, 1.54) is 0 Å². The molecule has 0 fully saturated rings. The molecule has 0 amide bonds. The molecule has 0 bridgehead atoms. The summed E-state index contributed by atoms with van der Waals surface area (Å²) in [5.74, 6) is -0.192. The third-order valence-corrected chi connectivity index (χ3v) is 5.87. The normalized spacial score (nSPS) is 10.2. The van der Waals surface area contributed by atoms with Gasteiger partial charge in [-0.1, -0.05) is 37.4 Å². The highest BCUT2D eigenvalue weighted by atomic mass is 16.7. The first-order valence-corrected chi connectivity index (χ1v) is 13.3. The predicted molar refractivity (Wildman–Crippen MR) is 156 cm³/mol. The van der Waals surface area contributed by atoms with Gasteiger partial charge in [-0.3, -0.25) is 9.59 Å². The molecule has 0 radical (unpaired) electrons. The van der Waals surface area contributed by atoms with Crippen molar-refractivity contribution in [1.29, 1.82) is 0 Å². The van der Waals surface area contributed by atoms with E-state index < -0.39 is 23.9 Å². The van der Waals surface area contributed by atoms with Gasteiger partial charge in [0.05, 0.1) is 0 Å². The summed E-state index contributed by atoms with van der Waals surface area (Å²) < 4.78 is 31.1. The largest absolute Gasteiger partial charge is 0.457 e. The minimum absolute atomic E-state index is 0.156. The Kier molecular flexibility index (Phi) is 12.5. The molecule has 0 saturated heterocycles. The summed E-state index contributed by atoms with van der Waals surface area (Å²) in [4.78, 5) is 46.9. The van der Waals surface area contributed by atoms with Crippen molar-refractivity contribution in [1.82, 2.24) is 0 Å². The number of carbonyl (C=O) groups is 4. The van der Waals surface area contributed by atoms with E-state index in [-0.39, 0.29) is 26.4 Å². The highest BCUT2D eigenvalue weighted by Crippen LogP contribution is 2.25. The molecule has 3 aromatic rings. The van der Waals surface area contributed by atoms with Crippen molar-refractivity contribution >= 4 is 23.9 Å². The Hall–Kier alpha value is -5.38. The van der Waals surface area contributed by atoms with Gasteiger partial charge in [0, 0.05) is 25.0 Å². The molecular formula is C33H32O10. The van der Waals surface area contributed by atoms with Crippen molar-refractivity contribution in [3.63, 3.8) is 0 Å². The van der Waals surface area contributed by atoms with E-state index in [1.54, 1.807) is 61.5 Å². The minimum atomic E-state index is -0.573. The highest BCUT2D eigenvalue weighted by molar-refractivity contribution is 5.81. The van der Waals surface area contributed by atoms with Gasteiger partial charge in [-0.05, 0) is 78.9 Å². The molecule has 0 spiro atoms. The number of esters is 4. The van der Waals surface area contributed by atoms with Crippen LogP contribution < -0.4 is 18.9 Å². The second kappa shape index (κ2) is 16.8. The van der Waals surface area contributed by atoms with Crippen LogP contribution in [0.1, 0.15) is 29.5 Å². The van der Waals surface area contributed by atoms with Crippen LogP contribution in [0.4, 0.5) is 0 Å².